The molecule has 0 saturated carbocycles. The monoisotopic (exact) mass is 443 g/mol. The Hall–Kier alpha value is -2.77. The van der Waals surface area contributed by atoms with Gasteiger partial charge in [0.1, 0.15) is 16.9 Å². The van der Waals surface area contributed by atoms with Gasteiger partial charge in [-0.3, -0.25) is 9.59 Å². The maximum atomic E-state index is 14.0. The van der Waals surface area contributed by atoms with Crippen LogP contribution in [0.15, 0.2) is 53.9 Å². The number of amides is 2. The van der Waals surface area contributed by atoms with Crippen LogP contribution in [0.5, 0.6) is 0 Å². The van der Waals surface area contributed by atoms with Crippen molar-refractivity contribution in [1.29, 1.82) is 0 Å². The number of nitrogens with one attached hydrogen (secondary N) is 1. The van der Waals surface area contributed by atoms with Gasteiger partial charge in [0, 0.05) is 34.5 Å². The van der Waals surface area contributed by atoms with Crippen molar-refractivity contribution in [2.45, 2.75) is 32.0 Å². The summed E-state index contributed by atoms with van der Waals surface area (Å²) in [6, 6.07) is 13.1. The van der Waals surface area contributed by atoms with Crippen molar-refractivity contribution >= 4 is 34.8 Å². The second-order valence-electron chi connectivity index (χ2n) is 7.02. The fourth-order valence-corrected chi connectivity index (χ4v) is 4.31. The van der Waals surface area contributed by atoms with E-state index in [0.717, 1.165) is 16.3 Å². The van der Waals surface area contributed by atoms with E-state index in [9.17, 15) is 14.0 Å². The van der Waals surface area contributed by atoms with Crippen molar-refractivity contribution in [3.8, 4) is 11.3 Å². The average Bonchev–Trinajstić information content (AvgIpc) is 3.36. The predicted molar refractivity (Wildman–Crippen MR) is 114 cm³/mol. The number of aromatic nitrogens is 1. The number of nitrogens with zero attached hydrogens (tertiary/aromatic N) is 2. The molecule has 4 rings (SSSR count). The van der Waals surface area contributed by atoms with Crippen LogP contribution in [-0.4, -0.2) is 27.7 Å². The highest BCUT2D eigenvalue weighted by Crippen LogP contribution is 2.25. The largest absolute Gasteiger partial charge is 0.348 e. The fraction of sp³-hybridized carbons (Fsp3) is 0.227. The van der Waals surface area contributed by atoms with Gasteiger partial charge in [-0.25, -0.2) is 9.37 Å². The summed E-state index contributed by atoms with van der Waals surface area (Å²) in [7, 11) is 0. The lowest BCUT2D eigenvalue weighted by atomic mass is 10.1. The van der Waals surface area contributed by atoms with E-state index in [0.29, 0.717) is 17.0 Å². The number of carbonyl (C=O) groups is 2. The first kappa shape index (κ1) is 20.5. The standard InChI is InChI=1S/C22H19ClFN3O2S/c23-16-7-5-14(6-8-16)18-13-30-20(26-18)11-25-22(29)19-9-10-21(28)27(19)12-15-3-1-2-4-17(15)24/h1-8,13,19H,9-12H2,(H,25,29). The maximum Gasteiger partial charge on any atom is 0.243 e. The van der Waals surface area contributed by atoms with E-state index in [1.54, 1.807) is 30.3 Å². The van der Waals surface area contributed by atoms with Crippen LogP contribution in [-0.2, 0) is 22.7 Å². The number of rotatable bonds is 6. The van der Waals surface area contributed by atoms with Gasteiger partial charge >= 0.3 is 0 Å². The number of carbonyl (C=O) groups excluding carboxylic acids is 2. The Labute approximate surface area is 182 Å². The summed E-state index contributed by atoms with van der Waals surface area (Å²) in [5.41, 5.74) is 2.17. The highest BCUT2D eigenvalue weighted by molar-refractivity contribution is 7.09. The fourth-order valence-electron chi connectivity index (χ4n) is 3.44. The third kappa shape index (κ3) is 4.52. The Balaban J connectivity index is 1.39. The Morgan fingerprint density at radius 1 is 1.23 bits per heavy atom. The second-order valence-corrected chi connectivity index (χ2v) is 8.40. The molecular formula is C22H19ClFN3O2S. The van der Waals surface area contributed by atoms with E-state index >= 15 is 0 Å². The van der Waals surface area contributed by atoms with Crippen LogP contribution in [0.3, 0.4) is 0 Å². The molecule has 2 heterocycles. The number of hydrogen-bond acceptors (Lipinski definition) is 4. The van der Waals surface area contributed by atoms with E-state index in [4.69, 9.17) is 11.6 Å². The molecular weight excluding hydrogens is 425 g/mol. The number of thiazole rings is 1. The second kappa shape index (κ2) is 8.93. The highest BCUT2D eigenvalue weighted by Gasteiger charge is 2.36. The zero-order valence-corrected chi connectivity index (χ0v) is 17.5. The van der Waals surface area contributed by atoms with Gasteiger partial charge < -0.3 is 10.2 Å². The minimum absolute atomic E-state index is 0.0849. The molecule has 1 aliphatic rings. The van der Waals surface area contributed by atoms with Crippen LogP contribution < -0.4 is 5.32 Å². The first-order chi connectivity index (χ1) is 14.5. The zero-order chi connectivity index (χ0) is 21.1. The molecule has 0 radical (unpaired) electrons. The number of hydrogen-bond donors (Lipinski definition) is 1. The Bertz CT molecular complexity index is 1070. The Morgan fingerprint density at radius 2 is 2.00 bits per heavy atom. The van der Waals surface area contributed by atoms with E-state index in [1.165, 1.54) is 22.3 Å². The molecule has 1 aliphatic heterocycles. The molecule has 8 heteroatoms. The van der Waals surface area contributed by atoms with Crippen LogP contribution in [0.25, 0.3) is 11.3 Å². The molecule has 1 N–H and O–H groups in total. The number of halogens is 2. The summed E-state index contributed by atoms with van der Waals surface area (Å²) in [5.74, 6) is -0.771. The summed E-state index contributed by atoms with van der Waals surface area (Å²) in [4.78, 5) is 31.0. The molecule has 2 aromatic carbocycles. The van der Waals surface area contributed by atoms with Crippen LogP contribution in [0, 0.1) is 5.82 Å². The quantitative estimate of drug-likeness (QED) is 0.613. The summed E-state index contributed by atoms with van der Waals surface area (Å²) >= 11 is 7.37. The summed E-state index contributed by atoms with van der Waals surface area (Å²) in [6.07, 6.45) is 0.706. The summed E-state index contributed by atoms with van der Waals surface area (Å²) < 4.78 is 14.0. The minimum atomic E-state index is -0.604. The molecule has 1 fully saturated rings. The smallest absolute Gasteiger partial charge is 0.243 e. The topological polar surface area (TPSA) is 62.3 Å². The van der Waals surface area contributed by atoms with E-state index < -0.39 is 6.04 Å². The summed E-state index contributed by atoms with van der Waals surface area (Å²) in [5, 5.41) is 6.21. The van der Waals surface area contributed by atoms with Crippen molar-refractivity contribution in [2.24, 2.45) is 0 Å². The lowest BCUT2D eigenvalue weighted by Crippen LogP contribution is -2.44. The molecule has 30 heavy (non-hydrogen) atoms. The number of likely N-dealkylation sites (tertiary alicyclic amines) is 1. The van der Waals surface area contributed by atoms with Gasteiger partial charge in [0.15, 0.2) is 0 Å². The third-order valence-electron chi connectivity index (χ3n) is 5.03. The van der Waals surface area contributed by atoms with Crippen LogP contribution in [0.4, 0.5) is 4.39 Å². The van der Waals surface area contributed by atoms with Crippen LogP contribution >= 0.6 is 22.9 Å². The van der Waals surface area contributed by atoms with Gasteiger partial charge in [-0.1, -0.05) is 41.9 Å². The van der Waals surface area contributed by atoms with Gasteiger partial charge in [0.05, 0.1) is 12.2 Å². The van der Waals surface area contributed by atoms with Crippen molar-refractivity contribution < 1.29 is 14.0 Å². The van der Waals surface area contributed by atoms with Crippen molar-refractivity contribution in [3.05, 3.63) is 75.3 Å². The molecule has 1 saturated heterocycles. The molecule has 1 atom stereocenters. The third-order valence-corrected chi connectivity index (χ3v) is 6.14. The lowest BCUT2D eigenvalue weighted by Gasteiger charge is -2.24. The Kier molecular flexibility index (Phi) is 6.11. The molecule has 3 aromatic rings. The van der Waals surface area contributed by atoms with Gasteiger partial charge in [-0.05, 0) is 24.6 Å². The normalized spacial score (nSPS) is 16.1. The first-order valence-corrected chi connectivity index (χ1v) is 10.8. The predicted octanol–water partition coefficient (Wildman–Crippen LogP) is 4.41. The molecule has 154 valence electrons. The zero-order valence-electron chi connectivity index (χ0n) is 16.0. The maximum absolute atomic E-state index is 14.0. The highest BCUT2D eigenvalue weighted by atomic mass is 35.5. The lowest BCUT2D eigenvalue weighted by molar-refractivity contribution is -0.135. The average molecular weight is 444 g/mol. The van der Waals surface area contributed by atoms with Crippen molar-refractivity contribution in [3.63, 3.8) is 0 Å². The van der Waals surface area contributed by atoms with Crippen LogP contribution in [0.1, 0.15) is 23.4 Å². The molecule has 0 spiro atoms. The molecule has 1 unspecified atom stereocenters. The SMILES string of the molecule is O=C(NCc1nc(-c2ccc(Cl)cc2)cs1)C1CCC(=O)N1Cc1ccccc1F. The van der Waals surface area contributed by atoms with E-state index in [-0.39, 0.29) is 37.1 Å². The van der Waals surface area contributed by atoms with E-state index in [2.05, 4.69) is 10.3 Å². The van der Waals surface area contributed by atoms with Gasteiger partial charge in [-0.15, -0.1) is 11.3 Å². The van der Waals surface area contributed by atoms with Gasteiger partial charge in [-0.2, -0.15) is 0 Å². The molecule has 5 nitrogen and oxygen atoms in total. The van der Waals surface area contributed by atoms with Crippen molar-refractivity contribution in [2.75, 3.05) is 0 Å². The van der Waals surface area contributed by atoms with Crippen LogP contribution in [0.2, 0.25) is 5.02 Å². The van der Waals surface area contributed by atoms with Gasteiger partial charge in [0.2, 0.25) is 11.8 Å². The minimum Gasteiger partial charge on any atom is -0.348 e. The Morgan fingerprint density at radius 3 is 2.77 bits per heavy atom. The first-order valence-electron chi connectivity index (χ1n) is 9.52. The molecule has 2 amide bonds. The molecule has 0 aliphatic carbocycles. The molecule has 0 bridgehead atoms. The summed E-state index contributed by atoms with van der Waals surface area (Å²) in [6.45, 7) is 0.358. The molecule has 1 aromatic heterocycles. The van der Waals surface area contributed by atoms with Crippen molar-refractivity contribution in [1.82, 2.24) is 15.2 Å². The van der Waals surface area contributed by atoms with E-state index in [1.807, 2.05) is 17.5 Å². The van der Waals surface area contributed by atoms with Gasteiger partial charge in [0.25, 0.3) is 0 Å². The number of benzene rings is 2.